The van der Waals surface area contributed by atoms with Crippen LogP contribution in [0.25, 0.3) is 0 Å². The summed E-state index contributed by atoms with van der Waals surface area (Å²) in [6.07, 6.45) is -0.438. The lowest BCUT2D eigenvalue weighted by molar-refractivity contribution is -0.221. The van der Waals surface area contributed by atoms with Crippen LogP contribution in [-0.4, -0.2) is 58.6 Å². The molecule has 194 valence electrons. The maximum Gasteiger partial charge on any atom is 0.338 e. The Morgan fingerprint density at radius 3 is 2.36 bits per heavy atom. The first-order valence-electron chi connectivity index (χ1n) is 12.2. The predicted molar refractivity (Wildman–Crippen MR) is 132 cm³/mol. The second-order valence-electron chi connectivity index (χ2n) is 10.5. The van der Waals surface area contributed by atoms with Crippen molar-refractivity contribution in [3.63, 3.8) is 0 Å². The summed E-state index contributed by atoms with van der Waals surface area (Å²) in [6, 6.07) is 16.9. The molecule has 2 heterocycles. The maximum atomic E-state index is 13.8. The highest BCUT2D eigenvalue weighted by atomic mass is 16.7. The van der Waals surface area contributed by atoms with Crippen LogP contribution >= 0.6 is 0 Å². The minimum absolute atomic E-state index is 0.105. The first kappa shape index (κ1) is 26.1. The standard InChI is InChI=1S/C28H35NO7/c1-26(2,3)36-25(32)28(18-30)27(4)22(15-23(35-27)34-17-20-9-7-6-8-10-20)24(31)29(28)16-19-11-13-21(33-5)14-12-19/h6-14,22-23,30H,15-18H2,1-5H3/t22-,23+,27-,28-/m0/s1. The van der Waals surface area contributed by atoms with E-state index in [-0.39, 0.29) is 18.9 Å². The third-order valence-electron chi connectivity index (χ3n) is 7.06. The number of amides is 1. The Kier molecular flexibility index (Phi) is 7.14. The number of nitrogens with zero attached hydrogens (tertiary/aromatic N) is 1. The van der Waals surface area contributed by atoms with E-state index in [0.29, 0.717) is 12.4 Å². The van der Waals surface area contributed by atoms with E-state index in [1.165, 1.54) is 4.90 Å². The van der Waals surface area contributed by atoms with Crippen molar-refractivity contribution in [3.8, 4) is 5.75 Å². The molecule has 1 N–H and O–H groups in total. The third kappa shape index (κ3) is 4.61. The van der Waals surface area contributed by atoms with Crippen LogP contribution < -0.4 is 4.74 Å². The van der Waals surface area contributed by atoms with Gasteiger partial charge in [0.15, 0.2) is 11.8 Å². The molecule has 0 aromatic heterocycles. The fourth-order valence-electron chi connectivity index (χ4n) is 5.16. The second-order valence-corrected chi connectivity index (χ2v) is 10.5. The van der Waals surface area contributed by atoms with Crippen LogP contribution in [0.5, 0.6) is 5.75 Å². The predicted octanol–water partition coefficient (Wildman–Crippen LogP) is 3.45. The molecule has 2 aliphatic rings. The van der Waals surface area contributed by atoms with Crippen molar-refractivity contribution in [1.29, 1.82) is 0 Å². The number of methoxy groups -OCH3 is 1. The lowest BCUT2D eigenvalue weighted by Crippen LogP contribution is -2.67. The van der Waals surface area contributed by atoms with Gasteiger partial charge >= 0.3 is 5.97 Å². The van der Waals surface area contributed by atoms with Crippen molar-refractivity contribution in [1.82, 2.24) is 4.90 Å². The quantitative estimate of drug-likeness (QED) is 0.558. The summed E-state index contributed by atoms with van der Waals surface area (Å²) in [5, 5.41) is 10.8. The molecule has 1 amide bonds. The molecule has 0 aliphatic carbocycles. The van der Waals surface area contributed by atoms with E-state index in [1.54, 1.807) is 46.9 Å². The summed E-state index contributed by atoms with van der Waals surface area (Å²) in [4.78, 5) is 29.0. The van der Waals surface area contributed by atoms with Crippen molar-refractivity contribution in [2.24, 2.45) is 5.92 Å². The molecule has 2 aromatic carbocycles. The number of fused-ring (bicyclic) bond motifs is 1. The lowest BCUT2D eigenvalue weighted by atomic mass is 9.76. The number of rotatable bonds is 8. The minimum Gasteiger partial charge on any atom is -0.497 e. The Hall–Kier alpha value is -2.94. The van der Waals surface area contributed by atoms with E-state index in [1.807, 2.05) is 42.5 Å². The molecule has 2 aromatic rings. The maximum absolute atomic E-state index is 13.8. The first-order chi connectivity index (χ1) is 17.0. The second kappa shape index (κ2) is 9.84. The molecular formula is C28H35NO7. The molecule has 36 heavy (non-hydrogen) atoms. The van der Waals surface area contributed by atoms with Gasteiger partial charge in [-0.1, -0.05) is 42.5 Å². The number of benzene rings is 2. The van der Waals surface area contributed by atoms with E-state index in [0.717, 1.165) is 11.1 Å². The van der Waals surface area contributed by atoms with Gasteiger partial charge in [0.1, 0.15) is 17.0 Å². The summed E-state index contributed by atoms with van der Waals surface area (Å²) in [5.74, 6) is -0.985. The van der Waals surface area contributed by atoms with Crippen LogP contribution in [0.2, 0.25) is 0 Å². The summed E-state index contributed by atoms with van der Waals surface area (Å²) < 4.78 is 23.3. The molecule has 8 nitrogen and oxygen atoms in total. The fraction of sp³-hybridized carbons (Fsp3) is 0.500. The number of hydrogen-bond donors (Lipinski definition) is 1. The number of aliphatic hydroxyl groups is 1. The molecule has 0 unspecified atom stereocenters. The zero-order chi connectivity index (χ0) is 26.1. The summed E-state index contributed by atoms with van der Waals surface area (Å²) in [6.45, 7) is 6.72. The van der Waals surface area contributed by atoms with Gasteiger partial charge in [-0.15, -0.1) is 0 Å². The van der Waals surface area contributed by atoms with Gasteiger partial charge < -0.3 is 29.0 Å². The number of esters is 1. The van der Waals surface area contributed by atoms with E-state index in [4.69, 9.17) is 18.9 Å². The number of hydrogen-bond acceptors (Lipinski definition) is 7. The van der Waals surface area contributed by atoms with Gasteiger partial charge in [-0.25, -0.2) is 4.79 Å². The average Bonchev–Trinajstić information content (AvgIpc) is 3.27. The van der Waals surface area contributed by atoms with Gasteiger partial charge in [0, 0.05) is 13.0 Å². The number of carbonyl (C=O) groups is 2. The van der Waals surface area contributed by atoms with Crippen LogP contribution in [0.15, 0.2) is 54.6 Å². The van der Waals surface area contributed by atoms with Crippen LogP contribution in [0.3, 0.4) is 0 Å². The molecule has 2 fully saturated rings. The zero-order valence-electron chi connectivity index (χ0n) is 21.5. The first-order valence-corrected chi connectivity index (χ1v) is 12.2. The van der Waals surface area contributed by atoms with Crippen LogP contribution in [-0.2, 0) is 37.0 Å². The third-order valence-corrected chi connectivity index (χ3v) is 7.06. The van der Waals surface area contributed by atoms with Gasteiger partial charge in [0.25, 0.3) is 0 Å². The van der Waals surface area contributed by atoms with E-state index >= 15 is 0 Å². The largest absolute Gasteiger partial charge is 0.497 e. The Balaban J connectivity index is 1.66. The fourth-order valence-corrected chi connectivity index (χ4v) is 5.16. The molecule has 0 saturated carbocycles. The van der Waals surface area contributed by atoms with Crippen molar-refractivity contribution < 1.29 is 33.6 Å². The van der Waals surface area contributed by atoms with Crippen molar-refractivity contribution in [2.45, 2.75) is 70.3 Å². The number of carbonyl (C=O) groups excluding carboxylic acids is 2. The van der Waals surface area contributed by atoms with Gasteiger partial charge in [-0.2, -0.15) is 0 Å². The number of likely N-dealkylation sites (tertiary alicyclic amines) is 1. The molecule has 2 aliphatic heterocycles. The Morgan fingerprint density at radius 1 is 1.11 bits per heavy atom. The average molecular weight is 498 g/mol. The number of aliphatic hydroxyl groups excluding tert-OH is 1. The highest BCUT2D eigenvalue weighted by Gasteiger charge is 2.74. The molecule has 0 radical (unpaired) electrons. The SMILES string of the molecule is COc1ccc(CN2C(=O)[C@@H]3C[C@H](OCc4ccccc4)O[C@]3(C)[C@]2(CO)C(=O)OC(C)(C)C)cc1. The summed E-state index contributed by atoms with van der Waals surface area (Å²) in [5.41, 5.74) is -2.17. The zero-order valence-corrected chi connectivity index (χ0v) is 21.5. The molecule has 0 spiro atoms. The van der Waals surface area contributed by atoms with E-state index in [9.17, 15) is 14.7 Å². The van der Waals surface area contributed by atoms with Gasteiger partial charge in [-0.3, -0.25) is 4.79 Å². The molecule has 4 atom stereocenters. The molecule has 8 heteroatoms. The Morgan fingerprint density at radius 2 is 1.78 bits per heavy atom. The van der Waals surface area contributed by atoms with Crippen molar-refractivity contribution >= 4 is 11.9 Å². The Labute approximate surface area is 212 Å². The topological polar surface area (TPSA) is 94.5 Å². The molecular weight excluding hydrogens is 462 g/mol. The molecule has 0 bridgehead atoms. The van der Waals surface area contributed by atoms with Crippen LogP contribution in [0.4, 0.5) is 0 Å². The molecule has 2 saturated heterocycles. The monoisotopic (exact) mass is 497 g/mol. The minimum atomic E-state index is -1.74. The molecule has 4 rings (SSSR count). The van der Waals surface area contributed by atoms with Crippen molar-refractivity contribution in [2.75, 3.05) is 13.7 Å². The van der Waals surface area contributed by atoms with E-state index in [2.05, 4.69) is 0 Å². The van der Waals surface area contributed by atoms with Crippen LogP contribution in [0.1, 0.15) is 45.2 Å². The lowest BCUT2D eigenvalue weighted by Gasteiger charge is -2.44. The van der Waals surface area contributed by atoms with Crippen molar-refractivity contribution in [3.05, 3.63) is 65.7 Å². The van der Waals surface area contributed by atoms with Gasteiger partial charge in [0.2, 0.25) is 5.91 Å². The van der Waals surface area contributed by atoms with Gasteiger partial charge in [0.05, 0.1) is 26.2 Å². The van der Waals surface area contributed by atoms with Gasteiger partial charge in [-0.05, 0) is 51.0 Å². The van der Waals surface area contributed by atoms with Crippen LogP contribution in [0, 0.1) is 5.92 Å². The summed E-state index contributed by atoms with van der Waals surface area (Å²) >= 11 is 0. The highest BCUT2D eigenvalue weighted by Crippen LogP contribution is 2.54. The Bertz CT molecular complexity index is 1080. The highest BCUT2D eigenvalue weighted by molar-refractivity contribution is 5.96. The van der Waals surface area contributed by atoms with E-state index < -0.39 is 41.5 Å². The smallest absolute Gasteiger partial charge is 0.338 e. The normalized spacial score (nSPS) is 27.7. The number of ether oxygens (including phenoxy) is 4. The summed E-state index contributed by atoms with van der Waals surface area (Å²) in [7, 11) is 1.58.